The van der Waals surface area contributed by atoms with Gasteiger partial charge in [0, 0.05) is 11.8 Å². The molecular weight excluding hydrogens is 288 g/mol. The van der Waals surface area contributed by atoms with Gasteiger partial charge in [0.25, 0.3) is 0 Å². The lowest BCUT2D eigenvalue weighted by atomic mass is 9.41. The molecule has 23 heavy (non-hydrogen) atoms. The first-order chi connectivity index (χ1) is 10.7. The van der Waals surface area contributed by atoms with Gasteiger partial charge in [0.15, 0.2) is 0 Å². The first-order valence-corrected chi connectivity index (χ1v) is 9.55. The monoisotopic (exact) mass is 320 g/mol. The Morgan fingerprint density at radius 2 is 1.83 bits per heavy atom. The first-order valence-electron chi connectivity index (χ1n) is 9.55. The molecule has 1 spiro atoms. The molecule has 0 saturated heterocycles. The smallest absolute Gasteiger partial charge is 0.138 e. The maximum absolute atomic E-state index is 12.5. The SMILES string of the molecule is CC1(C)C(=O)CC[C@@]2(C)[C@@H]1CC[C@@]13C[C@H](CC[C@@H]12)[C@](O)(CO)C3. The topological polar surface area (TPSA) is 57.5 Å². The van der Waals surface area contributed by atoms with Crippen LogP contribution >= 0.6 is 0 Å². The fourth-order valence-corrected chi connectivity index (χ4v) is 7.83. The molecule has 0 heterocycles. The van der Waals surface area contributed by atoms with E-state index >= 15 is 0 Å². The van der Waals surface area contributed by atoms with E-state index in [2.05, 4.69) is 20.8 Å². The number of aliphatic hydroxyl groups is 2. The highest BCUT2D eigenvalue weighted by Gasteiger charge is 2.67. The summed E-state index contributed by atoms with van der Waals surface area (Å²) < 4.78 is 0. The minimum absolute atomic E-state index is 0.0870. The van der Waals surface area contributed by atoms with Gasteiger partial charge in [-0.2, -0.15) is 0 Å². The lowest BCUT2D eigenvalue weighted by Crippen LogP contribution is -2.58. The summed E-state index contributed by atoms with van der Waals surface area (Å²) >= 11 is 0. The molecule has 2 bridgehead atoms. The summed E-state index contributed by atoms with van der Waals surface area (Å²) in [6.45, 7) is 6.68. The number of Topliss-reactive ketones (excluding diaryl/α,β-unsaturated/α-hetero) is 1. The number of carbonyl (C=O) groups is 1. The van der Waals surface area contributed by atoms with E-state index in [4.69, 9.17) is 0 Å². The molecule has 4 aliphatic carbocycles. The van der Waals surface area contributed by atoms with Gasteiger partial charge in [-0.1, -0.05) is 20.8 Å². The van der Waals surface area contributed by atoms with Crippen LogP contribution in [0.4, 0.5) is 0 Å². The number of hydrogen-bond acceptors (Lipinski definition) is 3. The maximum Gasteiger partial charge on any atom is 0.138 e. The van der Waals surface area contributed by atoms with Crippen LogP contribution in [0, 0.1) is 34.0 Å². The zero-order valence-electron chi connectivity index (χ0n) is 14.9. The molecule has 4 aliphatic rings. The van der Waals surface area contributed by atoms with Crippen LogP contribution in [0.15, 0.2) is 0 Å². The van der Waals surface area contributed by atoms with Crippen molar-refractivity contribution in [2.75, 3.05) is 6.61 Å². The highest BCUT2D eigenvalue weighted by atomic mass is 16.3. The Balaban J connectivity index is 1.73. The number of fused-ring (bicyclic) bond motifs is 3. The molecular formula is C20H32O3. The van der Waals surface area contributed by atoms with Crippen molar-refractivity contribution in [2.24, 2.45) is 34.0 Å². The first kappa shape index (κ1) is 16.1. The zero-order valence-corrected chi connectivity index (χ0v) is 14.9. The summed E-state index contributed by atoms with van der Waals surface area (Å²) in [6, 6.07) is 0. The van der Waals surface area contributed by atoms with Crippen molar-refractivity contribution in [3.8, 4) is 0 Å². The number of carbonyl (C=O) groups excluding carboxylic acids is 1. The third kappa shape index (κ3) is 1.87. The molecule has 0 aliphatic heterocycles. The molecule has 0 aromatic heterocycles. The Morgan fingerprint density at radius 3 is 2.52 bits per heavy atom. The third-order valence-electron chi connectivity index (χ3n) is 8.89. The molecule has 3 nitrogen and oxygen atoms in total. The number of ketones is 1. The van der Waals surface area contributed by atoms with E-state index in [9.17, 15) is 15.0 Å². The van der Waals surface area contributed by atoms with E-state index in [-0.39, 0.29) is 28.8 Å². The minimum atomic E-state index is -0.849. The molecule has 4 fully saturated rings. The van der Waals surface area contributed by atoms with E-state index in [1.807, 2.05) is 0 Å². The van der Waals surface area contributed by atoms with Crippen LogP contribution in [-0.2, 0) is 4.79 Å². The van der Waals surface area contributed by atoms with Gasteiger partial charge in [-0.3, -0.25) is 4.79 Å². The molecule has 0 unspecified atom stereocenters. The van der Waals surface area contributed by atoms with Gasteiger partial charge in [-0.05, 0) is 73.5 Å². The molecule has 130 valence electrons. The fourth-order valence-electron chi connectivity index (χ4n) is 7.83. The third-order valence-corrected chi connectivity index (χ3v) is 8.89. The molecule has 0 aromatic rings. The van der Waals surface area contributed by atoms with Crippen molar-refractivity contribution in [2.45, 2.75) is 77.7 Å². The van der Waals surface area contributed by atoms with Crippen molar-refractivity contribution in [1.82, 2.24) is 0 Å². The van der Waals surface area contributed by atoms with Crippen LogP contribution < -0.4 is 0 Å². The lowest BCUT2D eigenvalue weighted by Gasteiger charge is -2.63. The molecule has 4 rings (SSSR count). The predicted octanol–water partition coefficient (Wildman–Crippen LogP) is 3.32. The molecule has 0 amide bonds. The largest absolute Gasteiger partial charge is 0.393 e. The van der Waals surface area contributed by atoms with Crippen molar-refractivity contribution in [3.63, 3.8) is 0 Å². The molecule has 2 N–H and O–H groups in total. The summed E-state index contributed by atoms with van der Waals surface area (Å²) in [5, 5.41) is 20.7. The van der Waals surface area contributed by atoms with Gasteiger partial charge in [0.2, 0.25) is 0 Å². The standard InChI is InChI=1S/C20H32O3/c1-17(2)14-6-9-19-10-13(20(23,11-19)12-21)4-5-15(19)18(14,3)8-7-16(17)22/h13-15,21,23H,4-12H2,1-3H3/t13-,14+,15+,18-,19-,20+/m0/s1. The molecule has 4 saturated carbocycles. The lowest BCUT2D eigenvalue weighted by molar-refractivity contribution is -0.165. The van der Waals surface area contributed by atoms with Crippen LogP contribution in [0.25, 0.3) is 0 Å². The van der Waals surface area contributed by atoms with Crippen molar-refractivity contribution in [1.29, 1.82) is 0 Å². The Kier molecular flexibility index (Phi) is 3.22. The second-order valence-corrected chi connectivity index (χ2v) is 10.1. The Labute approximate surface area is 139 Å². The summed E-state index contributed by atoms with van der Waals surface area (Å²) in [7, 11) is 0. The fraction of sp³-hybridized carbons (Fsp3) is 0.950. The van der Waals surface area contributed by atoms with Gasteiger partial charge in [0.1, 0.15) is 5.78 Å². The normalized spacial score (nSPS) is 54.5. The van der Waals surface area contributed by atoms with E-state index in [1.54, 1.807) is 0 Å². The maximum atomic E-state index is 12.5. The van der Waals surface area contributed by atoms with E-state index in [1.165, 1.54) is 6.42 Å². The molecule has 3 heteroatoms. The van der Waals surface area contributed by atoms with E-state index < -0.39 is 5.60 Å². The van der Waals surface area contributed by atoms with E-state index in [0.29, 0.717) is 17.6 Å². The van der Waals surface area contributed by atoms with Gasteiger partial charge >= 0.3 is 0 Å². The highest BCUT2D eigenvalue weighted by Crippen LogP contribution is 2.72. The summed E-state index contributed by atoms with van der Waals surface area (Å²) in [6.07, 6.45) is 8.07. The minimum Gasteiger partial charge on any atom is -0.393 e. The number of rotatable bonds is 1. The summed E-state index contributed by atoms with van der Waals surface area (Å²) in [5.41, 5.74) is -0.612. The quantitative estimate of drug-likeness (QED) is 0.779. The summed E-state index contributed by atoms with van der Waals surface area (Å²) in [4.78, 5) is 12.5. The van der Waals surface area contributed by atoms with Crippen LogP contribution in [0.5, 0.6) is 0 Å². The van der Waals surface area contributed by atoms with Crippen molar-refractivity contribution in [3.05, 3.63) is 0 Å². The van der Waals surface area contributed by atoms with Crippen LogP contribution in [0.3, 0.4) is 0 Å². The van der Waals surface area contributed by atoms with Gasteiger partial charge in [-0.15, -0.1) is 0 Å². The predicted molar refractivity (Wildman–Crippen MR) is 88.8 cm³/mol. The van der Waals surface area contributed by atoms with Crippen LogP contribution in [0.2, 0.25) is 0 Å². The highest BCUT2D eigenvalue weighted by molar-refractivity contribution is 5.85. The molecule has 0 radical (unpaired) electrons. The number of aliphatic hydroxyl groups excluding tert-OH is 1. The number of hydrogen-bond donors (Lipinski definition) is 2. The second kappa shape index (κ2) is 4.60. The van der Waals surface area contributed by atoms with Crippen LogP contribution in [0.1, 0.15) is 72.1 Å². The Morgan fingerprint density at radius 1 is 1.09 bits per heavy atom. The average Bonchev–Trinajstić information content (AvgIpc) is 2.70. The van der Waals surface area contributed by atoms with E-state index in [0.717, 1.165) is 44.9 Å². The second-order valence-electron chi connectivity index (χ2n) is 10.1. The molecule has 0 aromatic carbocycles. The molecule has 6 atom stereocenters. The van der Waals surface area contributed by atoms with Gasteiger partial charge in [0.05, 0.1) is 12.2 Å². The Hall–Kier alpha value is -0.410. The van der Waals surface area contributed by atoms with Crippen molar-refractivity contribution < 1.29 is 15.0 Å². The summed E-state index contributed by atoms with van der Waals surface area (Å²) in [5.74, 6) is 1.81. The zero-order chi connectivity index (χ0) is 16.7. The average molecular weight is 320 g/mol. The van der Waals surface area contributed by atoms with Gasteiger partial charge < -0.3 is 10.2 Å². The van der Waals surface area contributed by atoms with Gasteiger partial charge in [-0.25, -0.2) is 0 Å². The Bertz CT molecular complexity index is 541. The van der Waals surface area contributed by atoms with Crippen LogP contribution in [-0.4, -0.2) is 28.2 Å². The van der Waals surface area contributed by atoms with Crippen molar-refractivity contribution >= 4 is 5.78 Å².